The van der Waals surface area contributed by atoms with E-state index in [0.29, 0.717) is 14.7 Å². The molecule has 1 rings (SSSR count). The van der Waals surface area contributed by atoms with Crippen LogP contribution in [0.5, 0.6) is 5.75 Å². The molecule has 3 amide bonds. The van der Waals surface area contributed by atoms with Crippen molar-refractivity contribution in [3.8, 4) is 5.75 Å². The molecule has 0 aliphatic rings. The van der Waals surface area contributed by atoms with Crippen molar-refractivity contribution in [2.24, 2.45) is 5.73 Å². The first-order valence-corrected chi connectivity index (χ1v) is 5.75. The fourth-order valence-electron chi connectivity index (χ4n) is 0.932. The molecule has 16 heavy (non-hydrogen) atoms. The molecular formula is C9H8Br2N2O3. The number of hydrogen-bond acceptors (Lipinski definition) is 3. The molecule has 0 heterocycles. The molecule has 0 bridgehead atoms. The fourth-order valence-corrected chi connectivity index (χ4v) is 2.16. The van der Waals surface area contributed by atoms with Gasteiger partial charge in [0.15, 0.2) is 6.61 Å². The van der Waals surface area contributed by atoms with E-state index in [2.05, 4.69) is 31.9 Å². The second-order valence-corrected chi connectivity index (χ2v) is 4.46. The lowest BCUT2D eigenvalue weighted by atomic mass is 10.3. The second-order valence-electron chi connectivity index (χ2n) is 2.75. The van der Waals surface area contributed by atoms with Gasteiger partial charge in [-0.05, 0) is 44.0 Å². The Kier molecular flexibility index (Phi) is 4.75. The van der Waals surface area contributed by atoms with E-state index in [1.807, 2.05) is 11.4 Å². The summed E-state index contributed by atoms with van der Waals surface area (Å²) in [5, 5.41) is 1.90. The van der Waals surface area contributed by atoms with E-state index in [1.54, 1.807) is 12.1 Å². The standard InChI is InChI=1S/C9H8Br2N2O3/c10-5-2-1-3-6(11)8(5)16-4-7(14)13-9(12)15/h1-3H,4H2,(H3,12,13,14,15). The number of halogens is 2. The molecule has 0 aromatic heterocycles. The molecule has 0 spiro atoms. The highest BCUT2D eigenvalue weighted by molar-refractivity contribution is 9.11. The minimum atomic E-state index is -0.903. The van der Waals surface area contributed by atoms with Gasteiger partial charge >= 0.3 is 6.03 Å². The zero-order chi connectivity index (χ0) is 12.1. The van der Waals surface area contributed by atoms with Crippen LogP contribution in [0.3, 0.4) is 0 Å². The molecule has 1 aromatic carbocycles. The molecule has 0 unspecified atom stereocenters. The number of primary amides is 1. The van der Waals surface area contributed by atoms with E-state index < -0.39 is 11.9 Å². The fraction of sp³-hybridized carbons (Fsp3) is 0.111. The Morgan fingerprint density at radius 2 is 1.88 bits per heavy atom. The summed E-state index contributed by atoms with van der Waals surface area (Å²) in [6.45, 7) is -0.288. The van der Waals surface area contributed by atoms with Gasteiger partial charge in [0.2, 0.25) is 0 Å². The number of amides is 3. The number of para-hydroxylation sites is 1. The Balaban J connectivity index is 2.61. The van der Waals surface area contributed by atoms with Crippen molar-refractivity contribution in [3.63, 3.8) is 0 Å². The largest absolute Gasteiger partial charge is 0.481 e. The summed E-state index contributed by atoms with van der Waals surface area (Å²) in [5.74, 6) is -0.114. The lowest BCUT2D eigenvalue weighted by Crippen LogP contribution is -2.38. The smallest absolute Gasteiger partial charge is 0.318 e. The molecular weight excluding hydrogens is 344 g/mol. The van der Waals surface area contributed by atoms with Gasteiger partial charge in [-0.25, -0.2) is 4.79 Å². The van der Waals surface area contributed by atoms with Crippen molar-refractivity contribution in [2.45, 2.75) is 0 Å². The van der Waals surface area contributed by atoms with Crippen LogP contribution in [-0.4, -0.2) is 18.5 Å². The molecule has 0 aliphatic carbocycles. The lowest BCUT2D eigenvalue weighted by molar-refractivity contribution is -0.121. The quantitative estimate of drug-likeness (QED) is 0.870. The van der Waals surface area contributed by atoms with Crippen LogP contribution in [-0.2, 0) is 4.79 Å². The molecule has 0 radical (unpaired) electrons. The minimum Gasteiger partial charge on any atom is -0.481 e. The number of benzene rings is 1. The predicted octanol–water partition coefficient (Wildman–Crippen LogP) is 1.79. The maximum atomic E-state index is 11.1. The van der Waals surface area contributed by atoms with Gasteiger partial charge in [-0.2, -0.15) is 0 Å². The second kappa shape index (κ2) is 5.86. The van der Waals surface area contributed by atoms with E-state index >= 15 is 0 Å². The van der Waals surface area contributed by atoms with Crippen LogP contribution in [0.15, 0.2) is 27.1 Å². The Morgan fingerprint density at radius 3 is 2.38 bits per heavy atom. The number of nitrogens with two attached hydrogens (primary N) is 1. The Bertz CT molecular complexity index is 403. The molecule has 86 valence electrons. The van der Waals surface area contributed by atoms with Crippen LogP contribution < -0.4 is 15.8 Å². The number of carbonyl (C=O) groups excluding carboxylic acids is 2. The van der Waals surface area contributed by atoms with Gasteiger partial charge in [0.1, 0.15) is 5.75 Å². The van der Waals surface area contributed by atoms with E-state index in [0.717, 1.165) is 0 Å². The van der Waals surface area contributed by atoms with Gasteiger partial charge in [-0.15, -0.1) is 0 Å². The van der Waals surface area contributed by atoms with E-state index in [9.17, 15) is 9.59 Å². The molecule has 5 nitrogen and oxygen atoms in total. The lowest BCUT2D eigenvalue weighted by Gasteiger charge is -2.09. The Labute approximate surface area is 109 Å². The summed E-state index contributed by atoms with van der Waals surface area (Å²) < 4.78 is 6.62. The molecule has 3 N–H and O–H groups in total. The number of hydrogen-bond donors (Lipinski definition) is 2. The number of nitrogens with one attached hydrogen (secondary N) is 1. The minimum absolute atomic E-state index is 0.288. The first kappa shape index (κ1) is 13.0. The molecule has 1 aromatic rings. The highest BCUT2D eigenvalue weighted by Gasteiger charge is 2.09. The average Bonchev–Trinajstić information content (AvgIpc) is 2.15. The average molecular weight is 352 g/mol. The first-order valence-electron chi connectivity index (χ1n) is 4.17. The van der Waals surface area contributed by atoms with Gasteiger partial charge in [-0.1, -0.05) is 6.07 Å². The third kappa shape index (κ3) is 3.82. The zero-order valence-electron chi connectivity index (χ0n) is 8.00. The van der Waals surface area contributed by atoms with Crippen LogP contribution in [0.25, 0.3) is 0 Å². The summed E-state index contributed by atoms with van der Waals surface area (Å²) in [6, 6.07) is 4.45. The Hall–Kier alpha value is -1.08. The van der Waals surface area contributed by atoms with E-state index in [-0.39, 0.29) is 6.61 Å². The summed E-state index contributed by atoms with van der Waals surface area (Å²) in [5.41, 5.74) is 4.78. The number of rotatable bonds is 3. The van der Waals surface area contributed by atoms with Crippen molar-refractivity contribution >= 4 is 43.8 Å². The number of imide groups is 1. The maximum Gasteiger partial charge on any atom is 0.318 e. The Morgan fingerprint density at radius 1 is 1.31 bits per heavy atom. The van der Waals surface area contributed by atoms with E-state index in [4.69, 9.17) is 10.5 Å². The third-order valence-electron chi connectivity index (χ3n) is 1.53. The van der Waals surface area contributed by atoms with Crippen LogP contribution in [0.2, 0.25) is 0 Å². The number of urea groups is 1. The SMILES string of the molecule is NC(=O)NC(=O)COc1c(Br)cccc1Br. The summed E-state index contributed by atoms with van der Waals surface area (Å²) in [6.07, 6.45) is 0. The molecule has 0 saturated carbocycles. The summed E-state index contributed by atoms with van der Waals surface area (Å²) in [7, 11) is 0. The monoisotopic (exact) mass is 350 g/mol. The van der Waals surface area contributed by atoms with Gasteiger partial charge in [-0.3, -0.25) is 10.1 Å². The predicted molar refractivity (Wildman–Crippen MR) is 65.1 cm³/mol. The van der Waals surface area contributed by atoms with Crippen molar-refractivity contribution in [2.75, 3.05) is 6.61 Å². The van der Waals surface area contributed by atoms with E-state index in [1.165, 1.54) is 0 Å². The maximum absolute atomic E-state index is 11.1. The van der Waals surface area contributed by atoms with Crippen LogP contribution >= 0.6 is 31.9 Å². The van der Waals surface area contributed by atoms with Crippen molar-refractivity contribution < 1.29 is 14.3 Å². The van der Waals surface area contributed by atoms with Crippen LogP contribution in [0.4, 0.5) is 4.79 Å². The third-order valence-corrected chi connectivity index (χ3v) is 2.78. The van der Waals surface area contributed by atoms with Gasteiger partial charge in [0.25, 0.3) is 5.91 Å². The van der Waals surface area contributed by atoms with Gasteiger partial charge < -0.3 is 10.5 Å². The molecule has 7 heteroatoms. The van der Waals surface area contributed by atoms with Crippen molar-refractivity contribution in [1.29, 1.82) is 0 Å². The molecule has 0 saturated heterocycles. The van der Waals surface area contributed by atoms with Crippen molar-refractivity contribution in [3.05, 3.63) is 27.1 Å². The summed E-state index contributed by atoms with van der Waals surface area (Å²) in [4.78, 5) is 21.5. The molecule has 0 fully saturated rings. The molecule has 0 aliphatic heterocycles. The normalized spacial score (nSPS) is 9.62. The highest BCUT2D eigenvalue weighted by atomic mass is 79.9. The first-order chi connectivity index (χ1) is 7.50. The number of ether oxygens (including phenoxy) is 1. The van der Waals surface area contributed by atoms with Gasteiger partial charge in [0.05, 0.1) is 8.95 Å². The zero-order valence-corrected chi connectivity index (χ0v) is 11.2. The van der Waals surface area contributed by atoms with Crippen molar-refractivity contribution in [1.82, 2.24) is 5.32 Å². The number of carbonyl (C=O) groups is 2. The van der Waals surface area contributed by atoms with Gasteiger partial charge in [0, 0.05) is 0 Å². The highest BCUT2D eigenvalue weighted by Crippen LogP contribution is 2.32. The molecule has 0 atom stereocenters. The topological polar surface area (TPSA) is 81.4 Å². The summed E-state index contributed by atoms with van der Waals surface area (Å²) >= 11 is 6.54. The van der Waals surface area contributed by atoms with Crippen LogP contribution in [0.1, 0.15) is 0 Å². The van der Waals surface area contributed by atoms with Crippen LogP contribution in [0, 0.1) is 0 Å².